The average Bonchev–Trinajstić information content (AvgIpc) is 3.34. The molecule has 0 unspecified atom stereocenters. The lowest BCUT2D eigenvalue weighted by Gasteiger charge is -2.14. The van der Waals surface area contributed by atoms with Gasteiger partial charge in [-0.15, -0.1) is 0 Å². The predicted octanol–water partition coefficient (Wildman–Crippen LogP) is 3.92. The number of nitrogens with zero attached hydrogens (tertiary/aromatic N) is 2. The van der Waals surface area contributed by atoms with Crippen LogP contribution in [0, 0.1) is 6.92 Å². The summed E-state index contributed by atoms with van der Waals surface area (Å²) in [6.07, 6.45) is 4.49. The van der Waals surface area contributed by atoms with Crippen molar-refractivity contribution >= 4 is 11.5 Å². The number of methoxy groups -OCH3 is 2. The highest BCUT2D eigenvalue weighted by atomic mass is 16.5. The lowest BCUT2D eigenvalue weighted by molar-refractivity contribution is 0.120. The van der Waals surface area contributed by atoms with E-state index in [0.29, 0.717) is 0 Å². The van der Waals surface area contributed by atoms with Crippen molar-refractivity contribution in [1.82, 2.24) is 9.38 Å². The van der Waals surface area contributed by atoms with Crippen molar-refractivity contribution in [2.24, 2.45) is 0 Å². The Kier molecular flexibility index (Phi) is 4.90. The van der Waals surface area contributed by atoms with Crippen LogP contribution in [-0.2, 0) is 4.74 Å². The molecule has 0 bridgehead atoms. The molecule has 1 saturated heterocycles. The molecule has 27 heavy (non-hydrogen) atoms. The Morgan fingerprint density at radius 1 is 1.26 bits per heavy atom. The van der Waals surface area contributed by atoms with Crippen LogP contribution in [0.1, 0.15) is 18.4 Å². The molecule has 2 aromatic heterocycles. The summed E-state index contributed by atoms with van der Waals surface area (Å²) in [5, 5.41) is 3.57. The maximum absolute atomic E-state index is 5.77. The topological polar surface area (TPSA) is 57.0 Å². The third-order valence-electron chi connectivity index (χ3n) is 5.03. The Morgan fingerprint density at radius 2 is 2.15 bits per heavy atom. The number of aromatic nitrogens is 2. The van der Waals surface area contributed by atoms with E-state index < -0.39 is 0 Å². The molecule has 3 aromatic rings. The van der Waals surface area contributed by atoms with Gasteiger partial charge in [0, 0.05) is 31.0 Å². The zero-order valence-corrected chi connectivity index (χ0v) is 16.0. The SMILES string of the molecule is COc1ccc(-c2nc3c(C)cccn3c2NC[C@@H]2CCCO2)c(OC)c1. The molecule has 0 saturated carbocycles. The van der Waals surface area contributed by atoms with E-state index in [9.17, 15) is 0 Å². The van der Waals surface area contributed by atoms with Crippen LogP contribution in [0.25, 0.3) is 16.9 Å². The first kappa shape index (κ1) is 17.7. The van der Waals surface area contributed by atoms with Gasteiger partial charge in [0.25, 0.3) is 0 Å². The van der Waals surface area contributed by atoms with Crippen LogP contribution < -0.4 is 14.8 Å². The second-order valence-electron chi connectivity index (χ2n) is 6.78. The van der Waals surface area contributed by atoms with Crippen LogP contribution in [0.5, 0.6) is 11.5 Å². The molecule has 1 aromatic carbocycles. The molecule has 0 amide bonds. The van der Waals surface area contributed by atoms with Gasteiger partial charge in [0.05, 0.1) is 20.3 Å². The van der Waals surface area contributed by atoms with Crippen molar-refractivity contribution in [3.8, 4) is 22.8 Å². The number of nitrogens with one attached hydrogen (secondary N) is 1. The highest BCUT2D eigenvalue weighted by molar-refractivity contribution is 5.81. The summed E-state index contributed by atoms with van der Waals surface area (Å²) in [5.74, 6) is 2.44. The molecule has 0 spiro atoms. The quantitative estimate of drug-likeness (QED) is 0.716. The van der Waals surface area contributed by atoms with Gasteiger partial charge >= 0.3 is 0 Å². The van der Waals surface area contributed by atoms with E-state index in [4.69, 9.17) is 19.2 Å². The fraction of sp³-hybridized carbons (Fsp3) is 0.381. The van der Waals surface area contributed by atoms with Gasteiger partial charge in [-0.05, 0) is 43.5 Å². The maximum atomic E-state index is 5.77. The minimum Gasteiger partial charge on any atom is -0.497 e. The van der Waals surface area contributed by atoms with E-state index in [1.54, 1.807) is 14.2 Å². The molecule has 1 aliphatic heterocycles. The van der Waals surface area contributed by atoms with Crippen LogP contribution in [0.4, 0.5) is 5.82 Å². The monoisotopic (exact) mass is 367 g/mol. The number of aryl methyl sites for hydroxylation is 1. The van der Waals surface area contributed by atoms with E-state index in [1.807, 2.05) is 30.5 Å². The van der Waals surface area contributed by atoms with Gasteiger partial charge in [0.1, 0.15) is 28.7 Å². The van der Waals surface area contributed by atoms with Crippen molar-refractivity contribution in [1.29, 1.82) is 0 Å². The van der Waals surface area contributed by atoms with E-state index in [0.717, 1.165) is 65.8 Å². The van der Waals surface area contributed by atoms with Crippen LogP contribution in [0.15, 0.2) is 36.5 Å². The summed E-state index contributed by atoms with van der Waals surface area (Å²) in [5.41, 5.74) is 3.84. The molecule has 3 heterocycles. The lowest BCUT2D eigenvalue weighted by atomic mass is 10.1. The molecule has 1 N–H and O–H groups in total. The zero-order chi connectivity index (χ0) is 18.8. The number of benzene rings is 1. The largest absolute Gasteiger partial charge is 0.497 e. The van der Waals surface area contributed by atoms with Gasteiger partial charge in [-0.25, -0.2) is 4.98 Å². The Balaban J connectivity index is 1.81. The summed E-state index contributed by atoms with van der Waals surface area (Å²) in [6, 6.07) is 9.91. The van der Waals surface area contributed by atoms with Crippen LogP contribution in [0.3, 0.4) is 0 Å². The molecule has 1 atom stereocenters. The second-order valence-corrected chi connectivity index (χ2v) is 6.78. The van der Waals surface area contributed by atoms with Crippen molar-refractivity contribution < 1.29 is 14.2 Å². The van der Waals surface area contributed by atoms with Crippen LogP contribution in [-0.4, -0.2) is 42.9 Å². The van der Waals surface area contributed by atoms with Crippen LogP contribution in [0.2, 0.25) is 0 Å². The minimum absolute atomic E-state index is 0.242. The predicted molar refractivity (Wildman–Crippen MR) is 106 cm³/mol. The molecule has 6 nitrogen and oxygen atoms in total. The summed E-state index contributed by atoms with van der Waals surface area (Å²) in [4.78, 5) is 4.93. The number of ether oxygens (including phenoxy) is 3. The Hall–Kier alpha value is -2.73. The van der Waals surface area contributed by atoms with Crippen molar-refractivity contribution in [3.63, 3.8) is 0 Å². The average molecular weight is 367 g/mol. The normalized spacial score (nSPS) is 16.6. The Morgan fingerprint density at radius 3 is 2.89 bits per heavy atom. The summed E-state index contributed by atoms with van der Waals surface area (Å²) >= 11 is 0. The molecule has 0 radical (unpaired) electrons. The maximum Gasteiger partial charge on any atom is 0.142 e. The van der Waals surface area contributed by atoms with Gasteiger partial charge in [0.2, 0.25) is 0 Å². The third kappa shape index (κ3) is 3.32. The zero-order valence-electron chi connectivity index (χ0n) is 16.0. The fourth-order valence-electron chi connectivity index (χ4n) is 3.57. The summed E-state index contributed by atoms with van der Waals surface area (Å²) in [6.45, 7) is 3.67. The first-order valence-electron chi connectivity index (χ1n) is 9.27. The van der Waals surface area contributed by atoms with E-state index in [1.165, 1.54) is 0 Å². The van der Waals surface area contributed by atoms with E-state index in [-0.39, 0.29) is 6.10 Å². The van der Waals surface area contributed by atoms with Crippen LogP contribution >= 0.6 is 0 Å². The van der Waals surface area contributed by atoms with E-state index >= 15 is 0 Å². The molecule has 6 heteroatoms. The molecule has 1 fully saturated rings. The Labute approximate surface area is 159 Å². The number of pyridine rings is 1. The van der Waals surface area contributed by atoms with E-state index in [2.05, 4.69) is 22.7 Å². The first-order chi connectivity index (χ1) is 13.2. The number of anilines is 1. The molecular formula is C21H25N3O3. The highest BCUT2D eigenvalue weighted by Crippen LogP contribution is 2.37. The molecule has 4 rings (SSSR count). The van der Waals surface area contributed by atoms with Crippen molar-refractivity contribution in [2.75, 3.05) is 32.7 Å². The molecule has 1 aliphatic rings. The number of hydrogen-bond donors (Lipinski definition) is 1. The molecule has 0 aliphatic carbocycles. The van der Waals surface area contributed by atoms with Crippen molar-refractivity contribution in [2.45, 2.75) is 25.9 Å². The Bertz CT molecular complexity index is 945. The highest BCUT2D eigenvalue weighted by Gasteiger charge is 2.21. The van der Waals surface area contributed by atoms with Gasteiger partial charge in [-0.3, -0.25) is 4.40 Å². The summed E-state index contributed by atoms with van der Waals surface area (Å²) in [7, 11) is 3.32. The fourth-order valence-corrected chi connectivity index (χ4v) is 3.57. The minimum atomic E-state index is 0.242. The molecule has 142 valence electrons. The van der Waals surface area contributed by atoms with Gasteiger partial charge in [-0.2, -0.15) is 0 Å². The van der Waals surface area contributed by atoms with Gasteiger partial charge < -0.3 is 19.5 Å². The first-order valence-corrected chi connectivity index (χ1v) is 9.27. The van der Waals surface area contributed by atoms with Crippen molar-refractivity contribution in [3.05, 3.63) is 42.1 Å². The number of imidazole rings is 1. The number of hydrogen-bond acceptors (Lipinski definition) is 5. The summed E-state index contributed by atoms with van der Waals surface area (Å²) < 4.78 is 18.8. The van der Waals surface area contributed by atoms with Gasteiger partial charge in [-0.1, -0.05) is 6.07 Å². The third-order valence-corrected chi connectivity index (χ3v) is 5.03. The lowest BCUT2D eigenvalue weighted by Crippen LogP contribution is -2.19. The van der Waals surface area contributed by atoms with Gasteiger partial charge in [0.15, 0.2) is 0 Å². The second kappa shape index (κ2) is 7.48. The number of fused-ring (bicyclic) bond motifs is 1. The smallest absolute Gasteiger partial charge is 0.142 e. The molecular weight excluding hydrogens is 342 g/mol. The standard InChI is InChI=1S/C21H25N3O3/c1-14-6-4-10-24-20(14)23-19(21(24)22-13-16-7-5-11-27-16)17-9-8-15(25-2)12-18(17)26-3/h4,6,8-10,12,16,22H,5,7,11,13H2,1-3H3/t16-/m0/s1. The number of rotatable bonds is 6.